The maximum atomic E-state index is 5.67. The summed E-state index contributed by atoms with van der Waals surface area (Å²) in [4.78, 5) is 11.7. The molecule has 1 aliphatic heterocycles. The van der Waals surface area contributed by atoms with Crippen molar-refractivity contribution in [2.45, 2.75) is 19.5 Å². The van der Waals surface area contributed by atoms with Gasteiger partial charge in [-0.15, -0.1) is 11.3 Å². The number of ether oxygens (including phenoxy) is 1. The number of morpholine rings is 1. The zero-order chi connectivity index (χ0) is 14.9. The van der Waals surface area contributed by atoms with Crippen LogP contribution in [-0.2, 0) is 11.3 Å². The molecule has 1 unspecified atom stereocenters. The molecule has 1 aromatic carbocycles. The van der Waals surface area contributed by atoms with Gasteiger partial charge in [-0.1, -0.05) is 18.2 Å². The van der Waals surface area contributed by atoms with Crippen LogP contribution in [0.2, 0.25) is 0 Å². The lowest BCUT2D eigenvalue weighted by Crippen LogP contribution is -2.39. The van der Waals surface area contributed by atoms with Crippen LogP contribution in [0.5, 0.6) is 0 Å². The number of nitrogens with zero attached hydrogens (tertiary/aromatic N) is 2. The Morgan fingerprint density at radius 2 is 2.32 bits per heavy atom. The molecule has 1 fully saturated rings. The molecule has 4 nitrogen and oxygen atoms in total. The average molecular weight is 313 g/mol. The number of hydrogen-bond donors (Lipinski definition) is 1. The fraction of sp³-hybridized carbons (Fsp3) is 0.353. The van der Waals surface area contributed by atoms with Crippen LogP contribution in [0.4, 0.5) is 0 Å². The van der Waals surface area contributed by atoms with Crippen molar-refractivity contribution in [2.24, 2.45) is 0 Å². The van der Waals surface area contributed by atoms with Crippen LogP contribution in [0.15, 0.2) is 36.5 Å². The monoisotopic (exact) mass is 313 g/mol. The van der Waals surface area contributed by atoms with Crippen LogP contribution in [0.25, 0.3) is 10.1 Å². The molecular formula is C17H19N3OS. The van der Waals surface area contributed by atoms with E-state index in [0.29, 0.717) is 6.61 Å². The molecule has 0 bridgehead atoms. The third-order valence-corrected chi connectivity index (χ3v) is 5.21. The lowest BCUT2D eigenvalue weighted by molar-refractivity contribution is -0.0152. The van der Waals surface area contributed by atoms with Gasteiger partial charge >= 0.3 is 0 Å². The highest BCUT2D eigenvalue weighted by Crippen LogP contribution is 2.30. The second-order valence-electron chi connectivity index (χ2n) is 5.76. The quantitative estimate of drug-likeness (QED) is 0.804. The van der Waals surface area contributed by atoms with E-state index < -0.39 is 0 Å². The van der Waals surface area contributed by atoms with Gasteiger partial charge in [-0.25, -0.2) is 4.98 Å². The fourth-order valence-corrected chi connectivity index (χ4v) is 4.09. The Balaban J connectivity index is 1.59. The van der Waals surface area contributed by atoms with Gasteiger partial charge in [-0.3, -0.25) is 4.90 Å². The maximum absolute atomic E-state index is 5.67. The molecule has 114 valence electrons. The normalized spacial score (nSPS) is 19.8. The summed E-state index contributed by atoms with van der Waals surface area (Å²) in [5, 5.41) is 1.33. The first-order chi connectivity index (χ1) is 10.8. The average Bonchev–Trinajstić information content (AvgIpc) is 3.13. The van der Waals surface area contributed by atoms with E-state index in [0.717, 1.165) is 31.2 Å². The standard InChI is InChI=1S/C17H19N3OS/c1-12-9-18-17(19-12)15-11-21-7-6-20(15)10-14-8-13-4-2-3-5-16(13)22-14/h2-5,8-9,15H,6-7,10-11H2,1H3,(H,18,19). The van der Waals surface area contributed by atoms with Crippen molar-refractivity contribution in [2.75, 3.05) is 19.8 Å². The Labute approximate surface area is 133 Å². The van der Waals surface area contributed by atoms with Crippen LogP contribution in [0, 0.1) is 6.92 Å². The number of imidazole rings is 1. The highest BCUT2D eigenvalue weighted by Gasteiger charge is 2.27. The number of benzene rings is 1. The van der Waals surface area contributed by atoms with Crippen molar-refractivity contribution < 1.29 is 4.74 Å². The van der Waals surface area contributed by atoms with Gasteiger partial charge in [0.15, 0.2) is 0 Å². The van der Waals surface area contributed by atoms with Crippen molar-refractivity contribution in [1.82, 2.24) is 14.9 Å². The van der Waals surface area contributed by atoms with Crippen LogP contribution < -0.4 is 0 Å². The third kappa shape index (κ3) is 2.67. The summed E-state index contributed by atoms with van der Waals surface area (Å²) in [6.07, 6.45) is 1.89. The summed E-state index contributed by atoms with van der Waals surface area (Å²) in [6.45, 7) is 5.43. The van der Waals surface area contributed by atoms with E-state index in [1.165, 1.54) is 15.0 Å². The lowest BCUT2D eigenvalue weighted by Gasteiger charge is -2.34. The molecule has 0 saturated carbocycles. The molecule has 22 heavy (non-hydrogen) atoms. The Hall–Kier alpha value is -1.69. The summed E-state index contributed by atoms with van der Waals surface area (Å²) >= 11 is 1.88. The first kappa shape index (κ1) is 13.9. The Bertz CT molecular complexity index is 746. The van der Waals surface area contributed by atoms with Crippen molar-refractivity contribution in [1.29, 1.82) is 0 Å². The summed E-state index contributed by atoms with van der Waals surface area (Å²) < 4.78 is 7.03. The number of aromatic nitrogens is 2. The van der Waals surface area contributed by atoms with Gasteiger partial charge in [-0.05, 0) is 24.4 Å². The SMILES string of the molecule is Cc1cnc(C2COCCN2Cc2cc3ccccc3s2)[nH]1. The molecule has 0 amide bonds. The third-order valence-electron chi connectivity index (χ3n) is 4.11. The van der Waals surface area contributed by atoms with Gasteiger partial charge in [0.05, 0.1) is 19.3 Å². The molecule has 1 N–H and O–H groups in total. The molecule has 3 heterocycles. The van der Waals surface area contributed by atoms with E-state index in [9.17, 15) is 0 Å². The molecule has 4 rings (SSSR count). The number of aryl methyl sites for hydroxylation is 1. The topological polar surface area (TPSA) is 41.1 Å². The largest absolute Gasteiger partial charge is 0.378 e. The molecule has 5 heteroatoms. The summed E-state index contributed by atoms with van der Waals surface area (Å²) in [6, 6.07) is 11.1. The zero-order valence-corrected chi connectivity index (χ0v) is 13.4. The summed E-state index contributed by atoms with van der Waals surface area (Å²) in [7, 11) is 0. The van der Waals surface area contributed by atoms with Crippen LogP contribution in [0.3, 0.4) is 0 Å². The van der Waals surface area contributed by atoms with Crippen molar-refractivity contribution in [3.8, 4) is 0 Å². The smallest absolute Gasteiger partial charge is 0.126 e. The molecule has 0 aliphatic carbocycles. The van der Waals surface area contributed by atoms with Gasteiger partial charge in [0.2, 0.25) is 0 Å². The zero-order valence-electron chi connectivity index (χ0n) is 12.6. The predicted molar refractivity (Wildman–Crippen MR) is 89.1 cm³/mol. The van der Waals surface area contributed by atoms with Crippen LogP contribution >= 0.6 is 11.3 Å². The molecule has 1 atom stereocenters. The minimum absolute atomic E-state index is 0.215. The molecular weight excluding hydrogens is 294 g/mol. The van der Waals surface area contributed by atoms with Gasteiger partial charge in [0.25, 0.3) is 0 Å². The minimum Gasteiger partial charge on any atom is -0.378 e. The molecule has 3 aromatic rings. The maximum Gasteiger partial charge on any atom is 0.126 e. The Morgan fingerprint density at radius 1 is 1.41 bits per heavy atom. The van der Waals surface area contributed by atoms with E-state index in [-0.39, 0.29) is 6.04 Å². The molecule has 0 spiro atoms. The van der Waals surface area contributed by atoms with E-state index in [1.54, 1.807) is 0 Å². The number of aromatic amines is 1. The number of thiophene rings is 1. The summed E-state index contributed by atoms with van der Waals surface area (Å²) in [5.74, 6) is 1.01. The number of nitrogens with one attached hydrogen (secondary N) is 1. The van der Waals surface area contributed by atoms with Gasteiger partial charge < -0.3 is 9.72 Å². The van der Waals surface area contributed by atoms with Gasteiger partial charge in [0.1, 0.15) is 5.82 Å². The number of fused-ring (bicyclic) bond motifs is 1. The first-order valence-electron chi connectivity index (χ1n) is 7.60. The second-order valence-corrected chi connectivity index (χ2v) is 6.93. The second kappa shape index (κ2) is 5.83. The first-order valence-corrected chi connectivity index (χ1v) is 8.42. The van der Waals surface area contributed by atoms with Crippen molar-refractivity contribution in [3.05, 3.63) is 52.9 Å². The van der Waals surface area contributed by atoms with Gasteiger partial charge in [-0.2, -0.15) is 0 Å². The van der Waals surface area contributed by atoms with Crippen LogP contribution in [-0.4, -0.2) is 34.6 Å². The highest BCUT2D eigenvalue weighted by molar-refractivity contribution is 7.19. The molecule has 1 saturated heterocycles. The number of H-pyrrole nitrogens is 1. The molecule has 1 aliphatic rings. The molecule has 0 radical (unpaired) electrons. The fourth-order valence-electron chi connectivity index (χ4n) is 3.00. The van der Waals surface area contributed by atoms with Crippen molar-refractivity contribution >= 4 is 21.4 Å². The van der Waals surface area contributed by atoms with E-state index in [2.05, 4.69) is 45.2 Å². The van der Waals surface area contributed by atoms with Crippen molar-refractivity contribution in [3.63, 3.8) is 0 Å². The Morgan fingerprint density at radius 3 is 3.14 bits per heavy atom. The number of rotatable bonds is 3. The van der Waals surface area contributed by atoms with Crippen LogP contribution in [0.1, 0.15) is 22.4 Å². The van der Waals surface area contributed by atoms with E-state index >= 15 is 0 Å². The minimum atomic E-state index is 0.215. The highest BCUT2D eigenvalue weighted by atomic mass is 32.1. The molecule has 2 aromatic heterocycles. The van der Waals surface area contributed by atoms with E-state index in [4.69, 9.17) is 4.74 Å². The predicted octanol–water partition coefficient (Wildman–Crippen LogP) is 3.51. The number of hydrogen-bond acceptors (Lipinski definition) is 4. The van der Waals surface area contributed by atoms with Gasteiger partial charge in [0, 0.05) is 34.6 Å². The lowest BCUT2D eigenvalue weighted by atomic mass is 10.2. The van der Waals surface area contributed by atoms with E-state index in [1.807, 2.05) is 24.5 Å². The summed E-state index contributed by atoms with van der Waals surface area (Å²) in [5.41, 5.74) is 1.10. The Kier molecular flexibility index (Phi) is 3.70.